The van der Waals surface area contributed by atoms with Gasteiger partial charge in [-0.1, -0.05) is 41.9 Å². The Bertz CT molecular complexity index is 728. The molecule has 0 saturated carbocycles. The van der Waals surface area contributed by atoms with Crippen LogP contribution in [-0.4, -0.2) is 24.0 Å². The molecule has 0 aromatic heterocycles. The van der Waals surface area contributed by atoms with Crippen LogP contribution in [0.3, 0.4) is 0 Å². The van der Waals surface area contributed by atoms with Gasteiger partial charge in [-0.3, -0.25) is 4.79 Å². The van der Waals surface area contributed by atoms with Crippen LogP contribution in [0, 0.1) is 0 Å². The largest absolute Gasteiger partial charge is 0.347 e. The van der Waals surface area contributed by atoms with Crippen LogP contribution in [0.1, 0.15) is 34.3 Å². The molecular formula is C18H16ClNO2. The molecule has 2 aliphatic heterocycles. The molecule has 3 nitrogen and oxygen atoms in total. The summed E-state index contributed by atoms with van der Waals surface area (Å²) in [7, 11) is 0. The minimum absolute atomic E-state index is 0.0486. The van der Waals surface area contributed by atoms with Crippen LogP contribution in [-0.2, 0) is 10.5 Å². The van der Waals surface area contributed by atoms with Crippen molar-refractivity contribution in [3.63, 3.8) is 0 Å². The van der Waals surface area contributed by atoms with E-state index < -0.39 is 5.72 Å². The maximum atomic E-state index is 12.8. The molecule has 2 aliphatic rings. The topological polar surface area (TPSA) is 29.5 Å². The highest BCUT2D eigenvalue weighted by atomic mass is 35.5. The Kier molecular flexibility index (Phi) is 3.21. The van der Waals surface area contributed by atoms with E-state index in [1.165, 1.54) is 0 Å². The standard InChI is InChI=1S/C18H16ClNO2/c19-14-9-7-13(8-10-14)18-16-6-2-1-5-15(16)17(21)20(18)11-3-4-12-22-18/h1-2,5-10H,3-4,11-12H2/t18-/m0/s1. The van der Waals surface area contributed by atoms with Gasteiger partial charge in [0.1, 0.15) is 0 Å². The number of halogens is 1. The molecule has 0 radical (unpaired) electrons. The van der Waals surface area contributed by atoms with Gasteiger partial charge in [-0.25, -0.2) is 0 Å². The smallest absolute Gasteiger partial charge is 0.257 e. The van der Waals surface area contributed by atoms with Crippen molar-refractivity contribution < 1.29 is 9.53 Å². The van der Waals surface area contributed by atoms with Crippen molar-refractivity contribution in [3.8, 4) is 0 Å². The van der Waals surface area contributed by atoms with Crippen molar-refractivity contribution in [1.29, 1.82) is 0 Å². The molecule has 2 heterocycles. The van der Waals surface area contributed by atoms with E-state index in [-0.39, 0.29) is 5.91 Å². The molecule has 4 heteroatoms. The third-order valence-electron chi connectivity index (χ3n) is 4.47. The molecule has 0 spiro atoms. The van der Waals surface area contributed by atoms with Gasteiger partial charge in [-0.15, -0.1) is 0 Å². The molecule has 112 valence electrons. The second-order valence-corrected chi connectivity index (χ2v) is 6.15. The highest BCUT2D eigenvalue weighted by Gasteiger charge is 2.52. The number of ether oxygens (including phenoxy) is 1. The van der Waals surface area contributed by atoms with E-state index >= 15 is 0 Å². The Morgan fingerprint density at radius 3 is 2.64 bits per heavy atom. The molecule has 2 aromatic carbocycles. The van der Waals surface area contributed by atoms with Crippen molar-refractivity contribution >= 4 is 17.5 Å². The van der Waals surface area contributed by atoms with E-state index in [0.29, 0.717) is 18.2 Å². The summed E-state index contributed by atoms with van der Waals surface area (Å²) >= 11 is 6.03. The molecule has 1 atom stereocenters. The van der Waals surface area contributed by atoms with Crippen LogP contribution in [0.4, 0.5) is 0 Å². The zero-order valence-corrected chi connectivity index (χ0v) is 12.8. The fourth-order valence-corrected chi connectivity index (χ4v) is 3.60. The van der Waals surface area contributed by atoms with Crippen LogP contribution in [0.25, 0.3) is 0 Å². The lowest BCUT2D eigenvalue weighted by molar-refractivity contribution is -0.0941. The van der Waals surface area contributed by atoms with E-state index in [4.69, 9.17) is 16.3 Å². The van der Waals surface area contributed by atoms with Crippen LogP contribution < -0.4 is 0 Å². The van der Waals surface area contributed by atoms with E-state index in [1.807, 2.05) is 53.4 Å². The van der Waals surface area contributed by atoms with Crippen LogP contribution in [0.2, 0.25) is 5.02 Å². The molecule has 4 rings (SSSR count). The number of fused-ring (bicyclic) bond motifs is 3. The van der Waals surface area contributed by atoms with Gasteiger partial charge in [0, 0.05) is 28.3 Å². The van der Waals surface area contributed by atoms with Crippen molar-refractivity contribution in [2.45, 2.75) is 18.6 Å². The van der Waals surface area contributed by atoms with Gasteiger partial charge in [0.2, 0.25) is 0 Å². The number of amides is 1. The van der Waals surface area contributed by atoms with Gasteiger partial charge < -0.3 is 9.64 Å². The van der Waals surface area contributed by atoms with E-state index in [2.05, 4.69) is 0 Å². The lowest BCUT2D eigenvalue weighted by Gasteiger charge is -2.37. The number of carbonyl (C=O) groups is 1. The maximum Gasteiger partial charge on any atom is 0.257 e. The zero-order valence-electron chi connectivity index (χ0n) is 12.1. The van der Waals surface area contributed by atoms with Gasteiger partial charge in [0.25, 0.3) is 5.91 Å². The molecule has 0 unspecified atom stereocenters. The highest BCUT2D eigenvalue weighted by Crippen LogP contribution is 2.46. The molecular weight excluding hydrogens is 298 g/mol. The van der Waals surface area contributed by atoms with Crippen molar-refractivity contribution in [1.82, 2.24) is 4.90 Å². The molecule has 1 amide bonds. The zero-order chi connectivity index (χ0) is 15.2. The van der Waals surface area contributed by atoms with Crippen LogP contribution in [0.15, 0.2) is 48.5 Å². The summed E-state index contributed by atoms with van der Waals surface area (Å²) in [6, 6.07) is 15.3. The van der Waals surface area contributed by atoms with Crippen molar-refractivity contribution in [2.75, 3.05) is 13.2 Å². The molecule has 22 heavy (non-hydrogen) atoms. The number of carbonyl (C=O) groups excluding carboxylic acids is 1. The number of benzene rings is 2. The third-order valence-corrected chi connectivity index (χ3v) is 4.72. The van der Waals surface area contributed by atoms with Gasteiger partial charge >= 0.3 is 0 Å². The quantitative estimate of drug-likeness (QED) is 0.801. The summed E-state index contributed by atoms with van der Waals surface area (Å²) in [5.41, 5.74) is 1.81. The normalized spacial score (nSPS) is 23.9. The van der Waals surface area contributed by atoms with Gasteiger partial charge in [-0.2, -0.15) is 0 Å². The van der Waals surface area contributed by atoms with Crippen molar-refractivity contribution in [3.05, 3.63) is 70.2 Å². The predicted molar refractivity (Wildman–Crippen MR) is 84.9 cm³/mol. The summed E-state index contributed by atoms with van der Waals surface area (Å²) in [5, 5.41) is 0.679. The minimum atomic E-state index is -0.811. The lowest BCUT2D eigenvalue weighted by Crippen LogP contribution is -2.46. The van der Waals surface area contributed by atoms with Gasteiger partial charge in [0.15, 0.2) is 5.72 Å². The number of hydrogen-bond donors (Lipinski definition) is 0. The first-order valence-electron chi connectivity index (χ1n) is 7.55. The molecule has 1 fully saturated rings. The van der Waals surface area contributed by atoms with Crippen LogP contribution >= 0.6 is 11.6 Å². The summed E-state index contributed by atoms with van der Waals surface area (Å²) in [6.07, 6.45) is 1.91. The minimum Gasteiger partial charge on any atom is -0.347 e. The van der Waals surface area contributed by atoms with Gasteiger partial charge in [-0.05, 0) is 31.0 Å². The fourth-order valence-electron chi connectivity index (χ4n) is 3.48. The Hall–Kier alpha value is -1.84. The summed E-state index contributed by atoms with van der Waals surface area (Å²) in [5.74, 6) is 0.0486. The summed E-state index contributed by atoms with van der Waals surface area (Å²) < 4.78 is 6.30. The average molecular weight is 314 g/mol. The first-order valence-corrected chi connectivity index (χ1v) is 7.93. The third kappa shape index (κ3) is 1.82. The van der Waals surface area contributed by atoms with E-state index in [0.717, 1.165) is 29.5 Å². The second-order valence-electron chi connectivity index (χ2n) is 5.71. The Morgan fingerprint density at radius 1 is 1.05 bits per heavy atom. The highest BCUT2D eigenvalue weighted by molar-refractivity contribution is 6.30. The maximum absolute atomic E-state index is 12.8. The Balaban J connectivity index is 1.98. The Morgan fingerprint density at radius 2 is 1.82 bits per heavy atom. The summed E-state index contributed by atoms with van der Waals surface area (Å²) in [6.45, 7) is 1.34. The fraction of sp³-hybridized carbons (Fsp3) is 0.278. The van der Waals surface area contributed by atoms with Crippen molar-refractivity contribution in [2.24, 2.45) is 0 Å². The predicted octanol–water partition coefficient (Wildman–Crippen LogP) is 3.81. The number of rotatable bonds is 1. The first kappa shape index (κ1) is 13.8. The molecule has 1 saturated heterocycles. The molecule has 0 N–H and O–H groups in total. The first-order chi connectivity index (χ1) is 10.7. The summed E-state index contributed by atoms with van der Waals surface area (Å²) in [4.78, 5) is 14.7. The SMILES string of the molecule is O=C1c2ccccc2[C@]2(c3ccc(Cl)cc3)OCCCCN12. The number of hydrogen-bond acceptors (Lipinski definition) is 2. The van der Waals surface area contributed by atoms with E-state index in [1.54, 1.807) is 0 Å². The second kappa shape index (κ2) is 5.11. The molecule has 2 aromatic rings. The monoisotopic (exact) mass is 313 g/mol. The Labute approximate surface area is 134 Å². The van der Waals surface area contributed by atoms with Gasteiger partial charge in [0.05, 0.1) is 6.61 Å². The molecule has 0 bridgehead atoms. The lowest BCUT2D eigenvalue weighted by atomic mass is 9.93. The van der Waals surface area contributed by atoms with Crippen LogP contribution in [0.5, 0.6) is 0 Å². The van der Waals surface area contributed by atoms with E-state index in [9.17, 15) is 4.79 Å². The average Bonchev–Trinajstić information content (AvgIpc) is 2.70. The molecule has 0 aliphatic carbocycles. The number of nitrogens with zero attached hydrogens (tertiary/aromatic N) is 1.